The van der Waals surface area contributed by atoms with E-state index in [4.69, 9.17) is 18.9 Å². The Labute approximate surface area is 163 Å². The molecule has 2 aromatic carbocycles. The first-order valence-electron chi connectivity index (χ1n) is 8.87. The molecular formula is C21H23NO6. The zero-order valence-corrected chi connectivity index (χ0v) is 16.4. The number of methoxy groups -OCH3 is 3. The lowest BCUT2D eigenvalue weighted by atomic mass is 10.1. The summed E-state index contributed by atoms with van der Waals surface area (Å²) in [5, 5.41) is 0. The smallest absolute Gasteiger partial charge is 0.338 e. The first-order chi connectivity index (χ1) is 13.5. The topological polar surface area (TPSA) is 74.3 Å². The van der Waals surface area contributed by atoms with Crippen molar-refractivity contribution in [2.75, 3.05) is 32.8 Å². The number of amides is 1. The average molecular weight is 385 g/mol. The minimum Gasteiger partial charge on any atom is -0.493 e. The lowest BCUT2D eigenvalue weighted by Crippen LogP contribution is -2.38. The summed E-state index contributed by atoms with van der Waals surface area (Å²) < 4.78 is 21.0. The van der Waals surface area contributed by atoms with Gasteiger partial charge in [0.25, 0.3) is 5.91 Å². The number of benzene rings is 2. The van der Waals surface area contributed by atoms with Crippen molar-refractivity contribution in [2.24, 2.45) is 0 Å². The lowest BCUT2D eigenvalue weighted by molar-refractivity contribution is -0.122. The number of carbonyl (C=O) groups excluding carboxylic acids is 2. The van der Waals surface area contributed by atoms with Crippen LogP contribution in [0.5, 0.6) is 17.2 Å². The molecule has 0 saturated heterocycles. The van der Waals surface area contributed by atoms with Crippen molar-refractivity contribution in [1.29, 1.82) is 0 Å². The number of anilines is 1. The zero-order chi connectivity index (χ0) is 20.3. The molecule has 0 N–H and O–H groups in total. The SMILES string of the molecule is COc1cc(C(=O)OCC(=O)N2c3ccccc3C[C@@H]2C)cc(OC)c1OC. The Hall–Kier alpha value is -3.22. The highest BCUT2D eigenvalue weighted by Crippen LogP contribution is 2.38. The maximum Gasteiger partial charge on any atom is 0.338 e. The molecule has 0 aliphatic carbocycles. The molecule has 148 valence electrons. The first kappa shape index (κ1) is 19.5. The predicted molar refractivity (Wildman–Crippen MR) is 103 cm³/mol. The van der Waals surface area contributed by atoms with E-state index in [0.29, 0.717) is 17.2 Å². The molecule has 1 aliphatic rings. The van der Waals surface area contributed by atoms with Crippen LogP contribution in [0.25, 0.3) is 0 Å². The van der Waals surface area contributed by atoms with E-state index in [-0.39, 0.29) is 24.1 Å². The van der Waals surface area contributed by atoms with Crippen LogP contribution >= 0.6 is 0 Å². The molecule has 3 rings (SSSR count). The maximum absolute atomic E-state index is 12.7. The summed E-state index contributed by atoms with van der Waals surface area (Å²) >= 11 is 0. The molecule has 0 unspecified atom stereocenters. The standard InChI is InChI=1S/C21H23NO6/c1-13-9-14-7-5-6-8-16(14)22(13)19(23)12-28-21(24)15-10-17(25-2)20(27-4)18(11-15)26-3/h5-8,10-11,13H,9,12H2,1-4H3/t13-/m0/s1. The Morgan fingerprint density at radius 3 is 2.29 bits per heavy atom. The Balaban J connectivity index is 1.73. The van der Waals surface area contributed by atoms with Gasteiger partial charge in [-0.3, -0.25) is 4.79 Å². The minimum absolute atomic E-state index is 0.0183. The Morgan fingerprint density at radius 1 is 1.04 bits per heavy atom. The van der Waals surface area contributed by atoms with Crippen LogP contribution in [0.4, 0.5) is 5.69 Å². The van der Waals surface area contributed by atoms with E-state index in [2.05, 4.69) is 0 Å². The molecule has 0 saturated carbocycles. The van der Waals surface area contributed by atoms with E-state index in [0.717, 1.165) is 17.7 Å². The molecule has 0 fully saturated rings. The van der Waals surface area contributed by atoms with E-state index >= 15 is 0 Å². The van der Waals surface area contributed by atoms with Crippen molar-refractivity contribution >= 4 is 17.6 Å². The van der Waals surface area contributed by atoms with Gasteiger partial charge in [0.2, 0.25) is 5.75 Å². The van der Waals surface area contributed by atoms with Gasteiger partial charge in [0, 0.05) is 11.7 Å². The fourth-order valence-electron chi connectivity index (χ4n) is 3.42. The quantitative estimate of drug-likeness (QED) is 0.712. The molecule has 7 nitrogen and oxygen atoms in total. The summed E-state index contributed by atoms with van der Waals surface area (Å²) in [5.74, 6) is 0.135. The van der Waals surface area contributed by atoms with Crippen LogP contribution in [0.1, 0.15) is 22.8 Å². The van der Waals surface area contributed by atoms with E-state index < -0.39 is 5.97 Å². The number of rotatable bonds is 6. The summed E-state index contributed by atoms with van der Waals surface area (Å²) in [6, 6.07) is 10.7. The fourth-order valence-corrected chi connectivity index (χ4v) is 3.42. The van der Waals surface area contributed by atoms with Crippen molar-refractivity contribution in [2.45, 2.75) is 19.4 Å². The van der Waals surface area contributed by atoms with Crippen LogP contribution in [-0.2, 0) is 16.0 Å². The van der Waals surface area contributed by atoms with E-state index in [1.807, 2.05) is 31.2 Å². The molecule has 2 aromatic rings. The van der Waals surface area contributed by atoms with Crippen molar-refractivity contribution in [3.05, 3.63) is 47.5 Å². The molecular weight excluding hydrogens is 362 g/mol. The van der Waals surface area contributed by atoms with Gasteiger partial charge in [0.15, 0.2) is 18.1 Å². The van der Waals surface area contributed by atoms with Gasteiger partial charge in [-0.05, 0) is 37.1 Å². The molecule has 0 bridgehead atoms. The number of esters is 1. The third-order valence-electron chi connectivity index (χ3n) is 4.70. The van der Waals surface area contributed by atoms with Crippen LogP contribution in [-0.4, -0.2) is 45.9 Å². The van der Waals surface area contributed by atoms with E-state index in [1.165, 1.54) is 33.5 Å². The molecule has 1 heterocycles. The number of fused-ring (bicyclic) bond motifs is 1. The zero-order valence-electron chi connectivity index (χ0n) is 16.4. The molecule has 1 atom stereocenters. The largest absolute Gasteiger partial charge is 0.493 e. The van der Waals surface area contributed by atoms with Crippen molar-refractivity contribution in [3.8, 4) is 17.2 Å². The third kappa shape index (κ3) is 3.60. The summed E-state index contributed by atoms with van der Waals surface area (Å²) in [6.07, 6.45) is 0.780. The van der Waals surface area contributed by atoms with Gasteiger partial charge < -0.3 is 23.8 Å². The first-order valence-corrected chi connectivity index (χ1v) is 8.87. The third-order valence-corrected chi connectivity index (χ3v) is 4.70. The van der Waals surface area contributed by atoms with Gasteiger partial charge >= 0.3 is 5.97 Å². The maximum atomic E-state index is 12.7. The Bertz CT molecular complexity index is 869. The number of hydrogen-bond acceptors (Lipinski definition) is 6. The molecule has 1 aliphatic heterocycles. The van der Waals surface area contributed by atoms with Gasteiger partial charge in [-0.25, -0.2) is 4.79 Å². The lowest BCUT2D eigenvalue weighted by Gasteiger charge is -2.22. The number of hydrogen-bond donors (Lipinski definition) is 0. The number of nitrogens with zero attached hydrogens (tertiary/aromatic N) is 1. The highest BCUT2D eigenvalue weighted by atomic mass is 16.5. The van der Waals surface area contributed by atoms with Gasteiger partial charge in [-0.1, -0.05) is 18.2 Å². The second kappa shape index (κ2) is 8.21. The van der Waals surface area contributed by atoms with Crippen LogP contribution < -0.4 is 19.1 Å². The van der Waals surface area contributed by atoms with Crippen LogP contribution in [0.3, 0.4) is 0 Å². The normalized spacial score (nSPS) is 15.0. The van der Waals surface area contributed by atoms with Crippen molar-refractivity contribution in [1.82, 2.24) is 0 Å². The van der Waals surface area contributed by atoms with Crippen LogP contribution in [0.2, 0.25) is 0 Å². The highest BCUT2D eigenvalue weighted by Gasteiger charge is 2.31. The monoisotopic (exact) mass is 385 g/mol. The summed E-state index contributed by atoms with van der Waals surface area (Å²) in [6.45, 7) is 1.62. The molecule has 0 radical (unpaired) electrons. The van der Waals surface area contributed by atoms with E-state index in [1.54, 1.807) is 4.90 Å². The fraction of sp³-hybridized carbons (Fsp3) is 0.333. The number of carbonyl (C=O) groups is 2. The second-order valence-electron chi connectivity index (χ2n) is 6.44. The molecule has 28 heavy (non-hydrogen) atoms. The number of ether oxygens (including phenoxy) is 4. The highest BCUT2D eigenvalue weighted by molar-refractivity contribution is 5.99. The summed E-state index contributed by atoms with van der Waals surface area (Å²) in [4.78, 5) is 26.8. The molecule has 0 aromatic heterocycles. The Morgan fingerprint density at radius 2 is 1.68 bits per heavy atom. The van der Waals surface area contributed by atoms with Crippen LogP contribution in [0, 0.1) is 0 Å². The Kier molecular flexibility index (Phi) is 5.73. The molecule has 0 spiro atoms. The van der Waals surface area contributed by atoms with Crippen molar-refractivity contribution < 1.29 is 28.5 Å². The summed E-state index contributed by atoms with van der Waals surface area (Å²) in [5.41, 5.74) is 2.18. The van der Waals surface area contributed by atoms with Gasteiger partial charge in [0.05, 0.1) is 26.9 Å². The average Bonchev–Trinajstić information content (AvgIpc) is 3.06. The van der Waals surface area contributed by atoms with Gasteiger partial charge in [0.1, 0.15) is 0 Å². The second-order valence-corrected chi connectivity index (χ2v) is 6.44. The summed E-state index contributed by atoms with van der Waals surface area (Å²) in [7, 11) is 4.40. The van der Waals surface area contributed by atoms with E-state index in [9.17, 15) is 9.59 Å². The minimum atomic E-state index is -0.646. The van der Waals surface area contributed by atoms with Crippen molar-refractivity contribution in [3.63, 3.8) is 0 Å². The van der Waals surface area contributed by atoms with Gasteiger partial charge in [-0.2, -0.15) is 0 Å². The van der Waals surface area contributed by atoms with Crippen LogP contribution in [0.15, 0.2) is 36.4 Å². The predicted octanol–water partition coefficient (Wildman–Crippen LogP) is 2.85. The van der Waals surface area contributed by atoms with Gasteiger partial charge in [-0.15, -0.1) is 0 Å². The molecule has 7 heteroatoms. The molecule has 1 amide bonds. The number of para-hydroxylation sites is 1.